The molecule has 0 spiro atoms. The molecule has 0 fully saturated rings. The van der Waals surface area contributed by atoms with E-state index in [0.29, 0.717) is 40.8 Å². The van der Waals surface area contributed by atoms with Crippen molar-refractivity contribution in [2.45, 2.75) is 24.8 Å². The van der Waals surface area contributed by atoms with E-state index in [9.17, 15) is 18.0 Å². The summed E-state index contributed by atoms with van der Waals surface area (Å²) >= 11 is 1.11. The molecule has 5 rings (SSSR count). The van der Waals surface area contributed by atoms with Crippen LogP contribution in [0.25, 0.3) is 11.3 Å². The summed E-state index contributed by atoms with van der Waals surface area (Å²) in [5.41, 5.74) is 3.77. The van der Waals surface area contributed by atoms with Gasteiger partial charge in [-0.1, -0.05) is 65.9 Å². The van der Waals surface area contributed by atoms with Gasteiger partial charge >= 0.3 is 0 Å². The smallest absolute Gasteiger partial charge is 0.257 e. The number of rotatable bonds is 6. The topological polar surface area (TPSA) is 96.4 Å². The number of nitrogens with one attached hydrogen (secondary N) is 1. The molecule has 1 aliphatic rings. The van der Waals surface area contributed by atoms with Gasteiger partial charge in [-0.25, -0.2) is 13.4 Å². The zero-order valence-electron chi connectivity index (χ0n) is 19.5. The Labute approximate surface area is 213 Å². The number of ketones is 1. The monoisotopic (exact) mass is 517 g/mol. The standard InChI is InChI=1S/C27H23N3O4S2/c1-18(31)25-24(20-8-3-2-4-9-20)28-27(35-25)29-26(32)21-11-13-23(14-12-21)36(33,34)30-16-15-19-7-5-6-10-22(19)17-30/h2-14H,15-17H2,1H3,(H,28,29,32). The first kappa shape index (κ1) is 24.1. The van der Waals surface area contributed by atoms with Gasteiger partial charge in [-0.3, -0.25) is 14.9 Å². The number of carbonyl (C=O) groups is 2. The van der Waals surface area contributed by atoms with E-state index in [1.54, 1.807) is 0 Å². The molecule has 1 amide bonds. The average molecular weight is 518 g/mol. The largest absolute Gasteiger partial charge is 0.298 e. The minimum Gasteiger partial charge on any atom is -0.298 e. The number of Topliss-reactive ketones (excluding diaryl/α,β-unsaturated/α-hetero) is 1. The molecule has 0 aliphatic carbocycles. The minimum atomic E-state index is -3.69. The number of aromatic nitrogens is 1. The van der Waals surface area contributed by atoms with Gasteiger partial charge in [-0.15, -0.1) is 0 Å². The van der Waals surface area contributed by atoms with E-state index in [1.807, 2.05) is 54.6 Å². The van der Waals surface area contributed by atoms with Crippen molar-refractivity contribution in [1.29, 1.82) is 0 Å². The molecule has 182 valence electrons. The normalized spacial score (nSPS) is 13.7. The number of amides is 1. The number of thiazole rings is 1. The van der Waals surface area contributed by atoms with E-state index in [1.165, 1.54) is 41.1 Å². The Morgan fingerprint density at radius 1 is 0.917 bits per heavy atom. The van der Waals surface area contributed by atoms with Crippen LogP contribution in [0.2, 0.25) is 0 Å². The summed E-state index contributed by atoms with van der Waals surface area (Å²) in [4.78, 5) is 30.1. The second-order valence-electron chi connectivity index (χ2n) is 8.45. The Balaban J connectivity index is 1.33. The van der Waals surface area contributed by atoms with Crippen LogP contribution in [0.4, 0.5) is 5.13 Å². The van der Waals surface area contributed by atoms with Crippen LogP contribution in [-0.2, 0) is 23.0 Å². The van der Waals surface area contributed by atoms with Crippen molar-refractivity contribution >= 4 is 38.2 Å². The Hall–Kier alpha value is -3.66. The van der Waals surface area contributed by atoms with Crippen LogP contribution in [0.5, 0.6) is 0 Å². The molecule has 36 heavy (non-hydrogen) atoms. The van der Waals surface area contributed by atoms with Gasteiger partial charge in [0.05, 0.1) is 15.5 Å². The molecule has 0 saturated carbocycles. The fourth-order valence-corrected chi connectivity index (χ4v) is 6.47. The molecule has 2 heterocycles. The van der Waals surface area contributed by atoms with Gasteiger partial charge in [-0.2, -0.15) is 4.31 Å². The third-order valence-electron chi connectivity index (χ3n) is 6.06. The molecule has 0 bridgehead atoms. The van der Waals surface area contributed by atoms with E-state index in [0.717, 1.165) is 22.5 Å². The van der Waals surface area contributed by atoms with E-state index in [2.05, 4.69) is 10.3 Å². The third kappa shape index (κ3) is 4.73. The van der Waals surface area contributed by atoms with Crippen molar-refractivity contribution < 1.29 is 18.0 Å². The van der Waals surface area contributed by atoms with Gasteiger partial charge in [0, 0.05) is 31.1 Å². The van der Waals surface area contributed by atoms with Crippen molar-refractivity contribution in [1.82, 2.24) is 9.29 Å². The molecule has 1 aliphatic heterocycles. The van der Waals surface area contributed by atoms with Crippen molar-refractivity contribution in [2.75, 3.05) is 11.9 Å². The predicted octanol–water partition coefficient (Wildman–Crippen LogP) is 5.01. The fourth-order valence-electron chi connectivity index (χ4n) is 4.18. The minimum absolute atomic E-state index is 0.137. The Bertz CT molecular complexity index is 1550. The molecular formula is C27H23N3O4S2. The van der Waals surface area contributed by atoms with Gasteiger partial charge in [0.1, 0.15) is 0 Å². The van der Waals surface area contributed by atoms with E-state index in [-0.39, 0.29) is 10.7 Å². The lowest BCUT2D eigenvalue weighted by Gasteiger charge is -2.28. The maximum absolute atomic E-state index is 13.2. The number of fused-ring (bicyclic) bond motifs is 1. The second-order valence-corrected chi connectivity index (χ2v) is 11.4. The van der Waals surface area contributed by atoms with Crippen LogP contribution in [0.15, 0.2) is 83.8 Å². The highest BCUT2D eigenvalue weighted by Crippen LogP contribution is 2.32. The number of anilines is 1. The van der Waals surface area contributed by atoms with Crippen LogP contribution < -0.4 is 5.32 Å². The Kier molecular flexibility index (Phi) is 6.53. The zero-order valence-corrected chi connectivity index (χ0v) is 21.1. The quantitative estimate of drug-likeness (QED) is 0.363. The highest BCUT2D eigenvalue weighted by molar-refractivity contribution is 7.89. The highest BCUT2D eigenvalue weighted by atomic mass is 32.2. The average Bonchev–Trinajstić information content (AvgIpc) is 3.33. The summed E-state index contributed by atoms with van der Waals surface area (Å²) in [7, 11) is -3.69. The number of benzene rings is 3. The zero-order chi connectivity index (χ0) is 25.3. The number of hydrogen-bond acceptors (Lipinski definition) is 6. The summed E-state index contributed by atoms with van der Waals surface area (Å²) in [6, 6.07) is 23.0. The molecule has 0 radical (unpaired) electrons. The molecule has 0 atom stereocenters. The number of hydrogen-bond donors (Lipinski definition) is 1. The van der Waals surface area contributed by atoms with Crippen LogP contribution in [0.1, 0.15) is 38.1 Å². The van der Waals surface area contributed by atoms with Crippen LogP contribution >= 0.6 is 11.3 Å². The first-order valence-electron chi connectivity index (χ1n) is 11.4. The molecule has 4 aromatic rings. The fraction of sp³-hybridized carbons (Fsp3) is 0.148. The lowest BCUT2D eigenvalue weighted by Crippen LogP contribution is -2.35. The highest BCUT2D eigenvalue weighted by Gasteiger charge is 2.28. The van der Waals surface area contributed by atoms with E-state index < -0.39 is 15.9 Å². The van der Waals surface area contributed by atoms with Gasteiger partial charge in [-0.05, 0) is 41.8 Å². The predicted molar refractivity (Wildman–Crippen MR) is 140 cm³/mol. The van der Waals surface area contributed by atoms with Gasteiger partial charge in [0.15, 0.2) is 10.9 Å². The van der Waals surface area contributed by atoms with Crippen molar-refractivity contribution in [3.05, 3.63) is 100 Å². The van der Waals surface area contributed by atoms with Gasteiger partial charge in [0.2, 0.25) is 10.0 Å². The van der Waals surface area contributed by atoms with Crippen LogP contribution in [0, 0.1) is 0 Å². The van der Waals surface area contributed by atoms with Gasteiger partial charge < -0.3 is 0 Å². The molecule has 7 nitrogen and oxygen atoms in total. The molecular weight excluding hydrogens is 494 g/mol. The molecule has 9 heteroatoms. The number of nitrogens with zero attached hydrogens (tertiary/aromatic N) is 2. The first-order chi connectivity index (χ1) is 17.3. The van der Waals surface area contributed by atoms with Crippen LogP contribution in [-0.4, -0.2) is 35.9 Å². The maximum Gasteiger partial charge on any atom is 0.257 e. The number of sulfonamides is 1. The second kappa shape index (κ2) is 9.77. The van der Waals surface area contributed by atoms with Gasteiger partial charge in [0.25, 0.3) is 5.91 Å². The molecule has 1 aromatic heterocycles. The molecule has 3 aromatic carbocycles. The van der Waals surface area contributed by atoms with Crippen molar-refractivity contribution in [3.8, 4) is 11.3 Å². The summed E-state index contributed by atoms with van der Waals surface area (Å²) < 4.78 is 27.9. The van der Waals surface area contributed by atoms with Crippen LogP contribution in [0.3, 0.4) is 0 Å². The molecule has 0 unspecified atom stereocenters. The summed E-state index contributed by atoms with van der Waals surface area (Å²) in [6.07, 6.45) is 0.664. The molecule has 0 saturated heterocycles. The Morgan fingerprint density at radius 3 is 2.28 bits per heavy atom. The summed E-state index contributed by atoms with van der Waals surface area (Å²) in [5, 5.41) is 3.03. The number of carbonyl (C=O) groups excluding carboxylic acids is 2. The van der Waals surface area contributed by atoms with E-state index in [4.69, 9.17) is 0 Å². The SMILES string of the molecule is CC(=O)c1sc(NC(=O)c2ccc(S(=O)(=O)N3CCc4ccccc4C3)cc2)nc1-c1ccccc1. The van der Waals surface area contributed by atoms with Crippen molar-refractivity contribution in [2.24, 2.45) is 0 Å². The maximum atomic E-state index is 13.2. The summed E-state index contributed by atoms with van der Waals surface area (Å²) in [6.45, 7) is 2.20. The van der Waals surface area contributed by atoms with E-state index >= 15 is 0 Å². The lowest BCUT2D eigenvalue weighted by atomic mass is 10.0. The summed E-state index contributed by atoms with van der Waals surface area (Å²) in [5.74, 6) is -0.573. The first-order valence-corrected chi connectivity index (χ1v) is 13.6. The molecule has 1 N–H and O–H groups in total. The lowest BCUT2D eigenvalue weighted by molar-refractivity contribution is 0.101. The van der Waals surface area contributed by atoms with Crippen molar-refractivity contribution in [3.63, 3.8) is 0 Å². The third-order valence-corrected chi connectivity index (χ3v) is 9.00. The Morgan fingerprint density at radius 2 is 1.58 bits per heavy atom.